The summed E-state index contributed by atoms with van der Waals surface area (Å²) >= 11 is 5.87. The van der Waals surface area contributed by atoms with Gasteiger partial charge in [0.25, 0.3) is 0 Å². The van der Waals surface area contributed by atoms with Crippen LogP contribution < -0.4 is 0 Å². The van der Waals surface area contributed by atoms with Crippen molar-refractivity contribution in [2.24, 2.45) is 11.8 Å². The maximum Gasteiger partial charge on any atom is 0.243 e. The highest BCUT2D eigenvalue weighted by Crippen LogP contribution is 2.28. The van der Waals surface area contributed by atoms with Gasteiger partial charge < -0.3 is 0 Å². The van der Waals surface area contributed by atoms with Crippen molar-refractivity contribution in [1.29, 1.82) is 0 Å². The molecule has 0 bridgehead atoms. The Hall–Kier alpha value is -0.580. The Morgan fingerprint density at radius 3 is 2.42 bits per heavy atom. The summed E-state index contributed by atoms with van der Waals surface area (Å²) in [5, 5.41) is 0.457. The van der Waals surface area contributed by atoms with Crippen molar-refractivity contribution in [3.8, 4) is 0 Å². The molecule has 0 amide bonds. The molecule has 1 aliphatic heterocycles. The molecule has 1 aliphatic rings. The molecule has 1 heterocycles. The molecule has 0 radical (unpaired) electrons. The van der Waals surface area contributed by atoms with E-state index in [4.69, 9.17) is 11.6 Å². The van der Waals surface area contributed by atoms with Gasteiger partial charge in [0.1, 0.15) is 0 Å². The molecule has 5 heteroatoms. The Balaban J connectivity index is 2.14. The third kappa shape index (κ3) is 3.30. The van der Waals surface area contributed by atoms with Gasteiger partial charge in [-0.25, -0.2) is 8.42 Å². The van der Waals surface area contributed by atoms with Gasteiger partial charge in [-0.15, -0.1) is 0 Å². The Morgan fingerprint density at radius 1 is 1.26 bits per heavy atom. The SMILES string of the molecule is CC(C)C1CCN(S(=O)(=O)c2cccc(Cl)c2)CC1. The lowest BCUT2D eigenvalue weighted by Gasteiger charge is -2.33. The predicted molar refractivity (Wildman–Crippen MR) is 77.8 cm³/mol. The predicted octanol–water partition coefficient (Wildman–Crippen LogP) is 3.40. The number of piperidine rings is 1. The summed E-state index contributed by atoms with van der Waals surface area (Å²) in [6, 6.07) is 6.49. The van der Waals surface area contributed by atoms with Crippen molar-refractivity contribution in [3.05, 3.63) is 29.3 Å². The number of halogens is 1. The molecule has 2 rings (SSSR count). The fourth-order valence-corrected chi connectivity index (χ4v) is 4.33. The molecule has 1 aromatic rings. The van der Waals surface area contributed by atoms with Crippen LogP contribution in [0.4, 0.5) is 0 Å². The van der Waals surface area contributed by atoms with E-state index in [1.807, 2.05) is 0 Å². The summed E-state index contributed by atoms with van der Waals surface area (Å²) in [6.07, 6.45) is 1.88. The molecular formula is C14H20ClNO2S. The van der Waals surface area contributed by atoms with E-state index in [-0.39, 0.29) is 0 Å². The second kappa shape index (κ2) is 5.81. The maximum atomic E-state index is 12.5. The van der Waals surface area contributed by atoms with E-state index in [1.165, 1.54) is 6.07 Å². The lowest BCUT2D eigenvalue weighted by molar-refractivity contribution is 0.226. The normalized spacial score (nSPS) is 18.9. The number of rotatable bonds is 3. The number of benzene rings is 1. The summed E-state index contributed by atoms with van der Waals surface area (Å²) in [5.74, 6) is 1.25. The van der Waals surface area contributed by atoms with Crippen LogP contribution in [0.3, 0.4) is 0 Å². The monoisotopic (exact) mass is 301 g/mol. The Labute approximate surface area is 120 Å². The Morgan fingerprint density at radius 2 is 1.89 bits per heavy atom. The van der Waals surface area contributed by atoms with Crippen LogP contribution in [-0.2, 0) is 10.0 Å². The highest BCUT2D eigenvalue weighted by Gasteiger charge is 2.30. The summed E-state index contributed by atoms with van der Waals surface area (Å²) in [4.78, 5) is 0.294. The Bertz CT molecular complexity index is 534. The molecule has 0 spiro atoms. The van der Waals surface area contributed by atoms with Crippen molar-refractivity contribution in [1.82, 2.24) is 4.31 Å². The van der Waals surface area contributed by atoms with Gasteiger partial charge >= 0.3 is 0 Å². The van der Waals surface area contributed by atoms with Crippen LogP contribution in [0.25, 0.3) is 0 Å². The molecule has 0 aliphatic carbocycles. The second-order valence-corrected chi connectivity index (χ2v) is 7.82. The highest BCUT2D eigenvalue weighted by atomic mass is 35.5. The zero-order valence-electron chi connectivity index (χ0n) is 11.3. The third-order valence-electron chi connectivity index (χ3n) is 3.88. The standard InChI is InChI=1S/C14H20ClNO2S/c1-11(2)12-6-8-16(9-7-12)19(17,18)14-5-3-4-13(15)10-14/h3-5,10-12H,6-9H2,1-2H3. The minimum absolute atomic E-state index is 0.294. The van der Waals surface area contributed by atoms with E-state index in [0.29, 0.717) is 34.8 Å². The first-order valence-electron chi connectivity index (χ1n) is 6.67. The fourth-order valence-electron chi connectivity index (χ4n) is 2.56. The van der Waals surface area contributed by atoms with Crippen LogP contribution in [0.1, 0.15) is 26.7 Å². The molecular weight excluding hydrogens is 282 g/mol. The molecule has 0 atom stereocenters. The number of hydrogen-bond donors (Lipinski definition) is 0. The second-order valence-electron chi connectivity index (χ2n) is 5.44. The molecule has 1 saturated heterocycles. The van der Waals surface area contributed by atoms with Crippen LogP contribution in [0.15, 0.2) is 29.2 Å². The van der Waals surface area contributed by atoms with E-state index in [9.17, 15) is 8.42 Å². The quantitative estimate of drug-likeness (QED) is 0.858. The van der Waals surface area contributed by atoms with E-state index < -0.39 is 10.0 Å². The molecule has 3 nitrogen and oxygen atoms in total. The van der Waals surface area contributed by atoms with E-state index in [0.717, 1.165) is 12.8 Å². The first-order chi connectivity index (χ1) is 8.91. The first-order valence-corrected chi connectivity index (χ1v) is 8.49. The van der Waals surface area contributed by atoms with Crippen molar-refractivity contribution < 1.29 is 8.42 Å². The number of hydrogen-bond acceptors (Lipinski definition) is 2. The summed E-state index contributed by atoms with van der Waals surface area (Å²) in [5.41, 5.74) is 0. The van der Waals surface area contributed by atoms with Crippen LogP contribution in [-0.4, -0.2) is 25.8 Å². The molecule has 0 N–H and O–H groups in total. The largest absolute Gasteiger partial charge is 0.243 e. The van der Waals surface area contributed by atoms with Crippen molar-refractivity contribution in [2.45, 2.75) is 31.6 Å². The summed E-state index contributed by atoms with van der Waals surface area (Å²) < 4.78 is 26.5. The van der Waals surface area contributed by atoms with Gasteiger partial charge in [-0.1, -0.05) is 31.5 Å². The lowest BCUT2D eigenvalue weighted by Crippen LogP contribution is -2.39. The van der Waals surface area contributed by atoms with Gasteiger partial charge in [0.05, 0.1) is 4.90 Å². The minimum Gasteiger partial charge on any atom is -0.207 e. The molecule has 0 aromatic heterocycles. The van der Waals surface area contributed by atoms with E-state index in [1.54, 1.807) is 22.5 Å². The minimum atomic E-state index is -3.38. The zero-order valence-corrected chi connectivity index (χ0v) is 12.9. The third-order valence-corrected chi connectivity index (χ3v) is 6.00. The molecule has 0 unspecified atom stereocenters. The average molecular weight is 302 g/mol. The van der Waals surface area contributed by atoms with Crippen molar-refractivity contribution in [2.75, 3.05) is 13.1 Å². The van der Waals surface area contributed by atoms with Crippen LogP contribution in [0.5, 0.6) is 0 Å². The average Bonchev–Trinajstić information content (AvgIpc) is 2.39. The topological polar surface area (TPSA) is 37.4 Å². The van der Waals surface area contributed by atoms with Gasteiger partial charge in [0.2, 0.25) is 10.0 Å². The van der Waals surface area contributed by atoms with Crippen molar-refractivity contribution >= 4 is 21.6 Å². The van der Waals surface area contributed by atoms with Crippen LogP contribution in [0.2, 0.25) is 5.02 Å². The van der Waals surface area contributed by atoms with Crippen LogP contribution >= 0.6 is 11.6 Å². The summed E-state index contributed by atoms with van der Waals surface area (Å²) in [6.45, 7) is 5.62. The first kappa shape index (κ1) is 14.8. The highest BCUT2D eigenvalue weighted by molar-refractivity contribution is 7.89. The number of nitrogens with zero attached hydrogens (tertiary/aromatic N) is 1. The van der Waals surface area contributed by atoms with Gasteiger partial charge in [-0.2, -0.15) is 4.31 Å². The van der Waals surface area contributed by atoms with Gasteiger partial charge in [0, 0.05) is 18.1 Å². The number of sulfonamides is 1. The lowest BCUT2D eigenvalue weighted by atomic mass is 9.87. The molecule has 106 valence electrons. The Kier molecular flexibility index (Phi) is 4.54. The van der Waals surface area contributed by atoms with Gasteiger partial charge in [0.15, 0.2) is 0 Å². The van der Waals surface area contributed by atoms with Crippen LogP contribution in [0, 0.1) is 11.8 Å². The van der Waals surface area contributed by atoms with E-state index >= 15 is 0 Å². The van der Waals surface area contributed by atoms with Crippen molar-refractivity contribution in [3.63, 3.8) is 0 Å². The molecule has 0 saturated carbocycles. The van der Waals surface area contributed by atoms with E-state index in [2.05, 4.69) is 13.8 Å². The molecule has 19 heavy (non-hydrogen) atoms. The smallest absolute Gasteiger partial charge is 0.207 e. The van der Waals surface area contributed by atoms with Gasteiger partial charge in [-0.3, -0.25) is 0 Å². The zero-order chi connectivity index (χ0) is 14.0. The maximum absolute atomic E-state index is 12.5. The summed E-state index contributed by atoms with van der Waals surface area (Å²) in [7, 11) is -3.38. The van der Waals surface area contributed by atoms with Gasteiger partial charge in [-0.05, 0) is 42.9 Å². The molecule has 1 fully saturated rings. The molecule has 1 aromatic carbocycles. The fraction of sp³-hybridized carbons (Fsp3) is 0.571.